The zero-order chi connectivity index (χ0) is 13.1. The van der Waals surface area contributed by atoms with Crippen LogP contribution in [0.3, 0.4) is 0 Å². The maximum Gasteiger partial charge on any atom is 0.200 e. The molecule has 1 heterocycles. The van der Waals surface area contributed by atoms with Crippen LogP contribution in [0.4, 0.5) is 0 Å². The van der Waals surface area contributed by atoms with Crippen LogP contribution < -0.4 is 0 Å². The molecule has 17 heavy (non-hydrogen) atoms. The van der Waals surface area contributed by atoms with Gasteiger partial charge in [-0.05, 0) is 24.2 Å². The molecule has 0 radical (unpaired) electrons. The second-order valence-corrected chi connectivity index (χ2v) is 5.16. The molecule has 0 aliphatic carbocycles. The molecule has 0 saturated carbocycles. The third kappa shape index (κ3) is 3.84. The summed E-state index contributed by atoms with van der Waals surface area (Å²) in [5, 5.41) is 37.4. The van der Waals surface area contributed by atoms with Crippen molar-refractivity contribution in [3.05, 3.63) is 5.69 Å². The lowest BCUT2D eigenvalue weighted by molar-refractivity contribution is -0.0350. The molecule has 1 unspecified atom stereocenters. The lowest BCUT2D eigenvalue weighted by atomic mass is 10.0. The van der Waals surface area contributed by atoms with Gasteiger partial charge in [0, 0.05) is 5.75 Å². The Morgan fingerprint density at radius 3 is 2.76 bits per heavy atom. The quantitative estimate of drug-likeness (QED) is 0.315. The average Bonchev–Trinajstić information content (AvgIpc) is 2.71. The molecule has 0 aliphatic heterocycles. The summed E-state index contributed by atoms with van der Waals surface area (Å²) in [6, 6.07) is 0. The van der Waals surface area contributed by atoms with E-state index >= 15 is 0 Å². The van der Waals surface area contributed by atoms with E-state index in [4.69, 9.17) is 16.8 Å². The van der Waals surface area contributed by atoms with Gasteiger partial charge in [-0.15, -0.1) is 0 Å². The second kappa shape index (κ2) is 5.67. The number of aliphatic hydroxyl groups is 2. The third-order valence-corrected chi connectivity index (χ3v) is 3.21. The summed E-state index contributed by atoms with van der Waals surface area (Å²) in [7, 11) is 0. The smallest absolute Gasteiger partial charge is 0.200 e. The monoisotopic (exact) mass is 281 g/mol. The minimum atomic E-state index is -1.22. The largest absolute Gasteiger partial charge is 0.410 e. The zero-order valence-electron chi connectivity index (χ0n) is 9.16. The number of hydrogen-bond acceptors (Lipinski definition) is 8. The fraction of sp³-hybridized carbons (Fsp3) is 0.625. The molecule has 0 spiro atoms. The Labute approximate surface area is 106 Å². The Balaban J connectivity index is 2.68. The molecule has 3 N–H and O–H groups in total. The van der Waals surface area contributed by atoms with E-state index in [1.807, 2.05) is 0 Å². The molecule has 1 rings (SSSR count). The van der Waals surface area contributed by atoms with Crippen LogP contribution in [0.15, 0.2) is 14.8 Å². The van der Waals surface area contributed by atoms with Crippen molar-refractivity contribution in [3.8, 4) is 0 Å². The Morgan fingerprint density at radius 2 is 2.24 bits per heavy atom. The van der Waals surface area contributed by atoms with Crippen LogP contribution in [0.2, 0.25) is 0 Å². The van der Waals surface area contributed by atoms with Crippen molar-refractivity contribution in [2.75, 3.05) is 5.75 Å². The standard InChI is InChI=1S/C8H12ClN3O4S/c1-8(2,14)4(13)3-17-7-5(6(9)10-15)11-16-12-7/h4,13-15H,3H2,1-2H3/b10-6-. The van der Waals surface area contributed by atoms with Crippen molar-refractivity contribution in [2.24, 2.45) is 5.16 Å². The highest BCUT2D eigenvalue weighted by molar-refractivity contribution is 7.99. The predicted octanol–water partition coefficient (Wildman–Crippen LogP) is 0.668. The zero-order valence-corrected chi connectivity index (χ0v) is 10.7. The van der Waals surface area contributed by atoms with E-state index in [2.05, 4.69) is 20.1 Å². The van der Waals surface area contributed by atoms with Gasteiger partial charge < -0.3 is 15.4 Å². The first kappa shape index (κ1) is 14.2. The van der Waals surface area contributed by atoms with Crippen molar-refractivity contribution in [2.45, 2.75) is 30.6 Å². The molecule has 0 amide bonds. The van der Waals surface area contributed by atoms with Gasteiger partial charge in [-0.1, -0.05) is 28.5 Å². The predicted molar refractivity (Wildman–Crippen MR) is 61.5 cm³/mol. The van der Waals surface area contributed by atoms with Crippen molar-refractivity contribution < 1.29 is 20.0 Å². The van der Waals surface area contributed by atoms with Crippen LogP contribution in [0.25, 0.3) is 0 Å². The molecule has 0 saturated heterocycles. The minimum absolute atomic E-state index is 0.0853. The number of oxime groups is 1. The summed E-state index contributed by atoms with van der Waals surface area (Å²) in [6.07, 6.45) is -0.957. The Kier molecular flexibility index (Phi) is 4.75. The van der Waals surface area contributed by atoms with E-state index in [0.29, 0.717) is 0 Å². The Bertz CT molecular complexity index is 404. The highest BCUT2D eigenvalue weighted by Crippen LogP contribution is 2.24. The highest BCUT2D eigenvalue weighted by Gasteiger charge is 2.26. The second-order valence-electron chi connectivity index (χ2n) is 3.79. The van der Waals surface area contributed by atoms with E-state index in [-0.39, 0.29) is 21.6 Å². The first-order chi connectivity index (χ1) is 7.86. The number of hydrogen-bond donors (Lipinski definition) is 3. The number of aliphatic hydroxyl groups excluding tert-OH is 1. The normalized spacial score (nSPS) is 15.0. The lowest BCUT2D eigenvalue weighted by Crippen LogP contribution is -2.37. The Hall–Kier alpha value is -0.830. The van der Waals surface area contributed by atoms with E-state index in [1.54, 1.807) is 0 Å². The SMILES string of the molecule is CC(C)(O)C(O)CSc1nonc1/C(Cl)=N/O. The number of nitrogens with zero attached hydrogens (tertiary/aromatic N) is 3. The van der Waals surface area contributed by atoms with Gasteiger partial charge in [-0.25, -0.2) is 4.63 Å². The van der Waals surface area contributed by atoms with Crippen LogP contribution in [-0.4, -0.2) is 48.4 Å². The summed E-state index contributed by atoms with van der Waals surface area (Å²) in [5.74, 6) is 0.167. The molecular formula is C8H12ClN3O4S. The number of thioether (sulfide) groups is 1. The van der Waals surface area contributed by atoms with Crippen LogP contribution in [0.1, 0.15) is 19.5 Å². The molecule has 9 heteroatoms. The third-order valence-electron chi connectivity index (χ3n) is 1.94. The topological polar surface area (TPSA) is 112 Å². The van der Waals surface area contributed by atoms with Gasteiger partial charge in [0.2, 0.25) is 0 Å². The van der Waals surface area contributed by atoms with Gasteiger partial charge in [-0.3, -0.25) is 0 Å². The molecule has 0 aliphatic rings. The summed E-state index contributed by atoms with van der Waals surface area (Å²) in [6.45, 7) is 2.98. The summed E-state index contributed by atoms with van der Waals surface area (Å²) in [4.78, 5) is 0. The maximum atomic E-state index is 9.61. The fourth-order valence-corrected chi connectivity index (χ4v) is 2.07. The molecule has 1 aromatic heterocycles. The average molecular weight is 282 g/mol. The summed E-state index contributed by atoms with van der Waals surface area (Å²) >= 11 is 6.63. The summed E-state index contributed by atoms with van der Waals surface area (Å²) in [5.41, 5.74) is -1.14. The van der Waals surface area contributed by atoms with Gasteiger partial charge in [0.1, 0.15) is 0 Å². The molecular weight excluding hydrogens is 270 g/mol. The fourth-order valence-electron chi connectivity index (χ4n) is 0.810. The van der Waals surface area contributed by atoms with Crippen molar-refractivity contribution in [1.29, 1.82) is 0 Å². The van der Waals surface area contributed by atoms with Gasteiger partial charge in [-0.2, -0.15) is 0 Å². The molecule has 0 bridgehead atoms. The van der Waals surface area contributed by atoms with Crippen LogP contribution >= 0.6 is 23.4 Å². The maximum absolute atomic E-state index is 9.61. The minimum Gasteiger partial charge on any atom is -0.410 e. The van der Waals surface area contributed by atoms with E-state index in [1.165, 1.54) is 13.8 Å². The van der Waals surface area contributed by atoms with E-state index in [0.717, 1.165) is 11.8 Å². The first-order valence-corrected chi connectivity index (χ1v) is 5.96. The van der Waals surface area contributed by atoms with E-state index in [9.17, 15) is 10.2 Å². The number of halogens is 1. The van der Waals surface area contributed by atoms with Gasteiger partial charge in [0.25, 0.3) is 0 Å². The highest BCUT2D eigenvalue weighted by atomic mass is 35.5. The number of rotatable bonds is 5. The van der Waals surface area contributed by atoms with Gasteiger partial charge in [0.05, 0.1) is 11.7 Å². The van der Waals surface area contributed by atoms with Gasteiger partial charge >= 0.3 is 0 Å². The summed E-state index contributed by atoms with van der Waals surface area (Å²) < 4.78 is 4.45. The van der Waals surface area contributed by atoms with Crippen molar-refractivity contribution in [3.63, 3.8) is 0 Å². The number of aromatic nitrogens is 2. The molecule has 1 atom stereocenters. The molecule has 0 fully saturated rings. The van der Waals surface area contributed by atoms with E-state index < -0.39 is 11.7 Å². The first-order valence-electron chi connectivity index (χ1n) is 4.60. The van der Waals surface area contributed by atoms with Crippen LogP contribution in [0.5, 0.6) is 0 Å². The van der Waals surface area contributed by atoms with Crippen LogP contribution in [-0.2, 0) is 0 Å². The van der Waals surface area contributed by atoms with Gasteiger partial charge in [0.15, 0.2) is 15.9 Å². The van der Waals surface area contributed by atoms with Crippen molar-refractivity contribution in [1.82, 2.24) is 10.3 Å². The van der Waals surface area contributed by atoms with Crippen molar-refractivity contribution >= 4 is 28.5 Å². The lowest BCUT2D eigenvalue weighted by Gasteiger charge is -2.23. The molecule has 96 valence electrons. The van der Waals surface area contributed by atoms with Crippen LogP contribution in [0, 0.1) is 0 Å². The molecule has 0 aromatic carbocycles. The Morgan fingerprint density at radius 1 is 1.59 bits per heavy atom. The molecule has 1 aromatic rings. The molecule has 7 nitrogen and oxygen atoms in total.